The van der Waals surface area contributed by atoms with Crippen LogP contribution in [0.25, 0.3) is 0 Å². The number of nitrogens with one attached hydrogen (secondary N) is 2. The molecule has 3 rings (SSSR count). The Kier molecular flexibility index (Phi) is 2.82. The lowest BCUT2D eigenvalue weighted by Crippen LogP contribution is -2.25. The van der Waals surface area contributed by atoms with Gasteiger partial charge in [0, 0.05) is 18.3 Å². The van der Waals surface area contributed by atoms with Crippen molar-refractivity contribution in [2.24, 2.45) is 0 Å². The first-order valence-electron chi connectivity index (χ1n) is 5.88. The van der Waals surface area contributed by atoms with Gasteiger partial charge in [-0.3, -0.25) is 4.79 Å². The van der Waals surface area contributed by atoms with E-state index in [1.807, 2.05) is 12.1 Å². The van der Waals surface area contributed by atoms with Crippen LogP contribution in [0.3, 0.4) is 0 Å². The molecular weight excluding hydrogens is 230 g/mol. The molecule has 0 spiro atoms. The zero-order valence-electron chi connectivity index (χ0n) is 9.77. The van der Waals surface area contributed by atoms with Gasteiger partial charge in [0.2, 0.25) is 0 Å². The molecule has 0 bridgehead atoms. The molecule has 18 heavy (non-hydrogen) atoms. The molecule has 0 unspecified atom stereocenters. The second kappa shape index (κ2) is 4.62. The van der Waals surface area contributed by atoms with Gasteiger partial charge >= 0.3 is 0 Å². The Morgan fingerprint density at radius 2 is 2.33 bits per heavy atom. The highest BCUT2D eigenvalue weighted by molar-refractivity contribution is 6.03. The average molecular weight is 243 g/mol. The van der Waals surface area contributed by atoms with Crippen LogP contribution in [0.5, 0.6) is 0 Å². The van der Waals surface area contributed by atoms with Crippen LogP contribution in [0, 0.1) is 0 Å². The van der Waals surface area contributed by atoms with Crippen LogP contribution in [-0.2, 0) is 13.0 Å². The fourth-order valence-electron chi connectivity index (χ4n) is 2.15. The number of nitrogens with zero attached hydrogens (tertiary/aromatic N) is 1. The third-order valence-electron chi connectivity index (χ3n) is 3.06. The molecule has 5 heteroatoms. The Morgan fingerprint density at radius 3 is 3.17 bits per heavy atom. The van der Waals surface area contributed by atoms with Gasteiger partial charge in [-0.2, -0.15) is 0 Å². The molecule has 1 aliphatic rings. The fraction of sp³-hybridized carbons (Fsp3) is 0.231. The Morgan fingerprint density at radius 1 is 1.39 bits per heavy atom. The van der Waals surface area contributed by atoms with E-state index < -0.39 is 0 Å². The minimum Gasteiger partial charge on any atom is -0.364 e. The maximum Gasteiger partial charge on any atom is 0.277 e. The van der Waals surface area contributed by atoms with Crippen molar-refractivity contribution >= 4 is 11.6 Å². The SMILES string of the molecule is O=C(Nc1cccc2c1CNCC2)c1ccon1. The Balaban J connectivity index is 1.87. The summed E-state index contributed by atoms with van der Waals surface area (Å²) in [5, 5.41) is 9.80. The fourth-order valence-corrected chi connectivity index (χ4v) is 2.15. The summed E-state index contributed by atoms with van der Waals surface area (Å²) in [6.45, 7) is 1.76. The van der Waals surface area contributed by atoms with Crippen LogP contribution in [0.1, 0.15) is 21.6 Å². The average Bonchev–Trinajstić information content (AvgIpc) is 2.93. The van der Waals surface area contributed by atoms with E-state index in [4.69, 9.17) is 0 Å². The number of fused-ring (bicyclic) bond motifs is 1. The number of aromatic nitrogens is 1. The summed E-state index contributed by atoms with van der Waals surface area (Å²) >= 11 is 0. The molecule has 0 saturated heterocycles. The molecule has 1 amide bonds. The second-order valence-corrected chi connectivity index (χ2v) is 4.21. The third-order valence-corrected chi connectivity index (χ3v) is 3.06. The van der Waals surface area contributed by atoms with Crippen molar-refractivity contribution < 1.29 is 9.32 Å². The minimum atomic E-state index is -0.247. The first-order valence-corrected chi connectivity index (χ1v) is 5.88. The van der Waals surface area contributed by atoms with E-state index in [-0.39, 0.29) is 11.6 Å². The molecule has 0 saturated carbocycles. The van der Waals surface area contributed by atoms with E-state index in [2.05, 4.69) is 26.4 Å². The summed E-state index contributed by atoms with van der Waals surface area (Å²) in [4.78, 5) is 11.9. The highest BCUT2D eigenvalue weighted by atomic mass is 16.5. The largest absolute Gasteiger partial charge is 0.364 e. The van der Waals surface area contributed by atoms with Crippen molar-refractivity contribution in [2.75, 3.05) is 11.9 Å². The number of carbonyl (C=O) groups excluding carboxylic acids is 1. The molecule has 2 aromatic rings. The van der Waals surface area contributed by atoms with Crippen LogP contribution in [-0.4, -0.2) is 17.6 Å². The Bertz CT molecular complexity index is 564. The zero-order valence-corrected chi connectivity index (χ0v) is 9.77. The van der Waals surface area contributed by atoms with Gasteiger partial charge in [-0.25, -0.2) is 0 Å². The van der Waals surface area contributed by atoms with Gasteiger partial charge in [-0.05, 0) is 30.2 Å². The molecule has 2 heterocycles. The van der Waals surface area contributed by atoms with Crippen LogP contribution in [0.15, 0.2) is 35.1 Å². The summed E-state index contributed by atoms with van der Waals surface area (Å²) < 4.78 is 4.66. The normalized spacial score (nSPS) is 14.0. The van der Waals surface area contributed by atoms with Crippen LogP contribution in [0.4, 0.5) is 5.69 Å². The molecule has 1 aromatic heterocycles. The van der Waals surface area contributed by atoms with Crippen molar-refractivity contribution in [1.29, 1.82) is 0 Å². The maximum atomic E-state index is 11.9. The molecule has 0 radical (unpaired) electrons. The molecule has 2 N–H and O–H groups in total. The van der Waals surface area contributed by atoms with Gasteiger partial charge in [0.05, 0.1) is 0 Å². The molecular formula is C13H13N3O2. The summed E-state index contributed by atoms with van der Waals surface area (Å²) in [5.74, 6) is -0.247. The van der Waals surface area contributed by atoms with Crippen molar-refractivity contribution in [3.05, 3.63) is 47.3 Å². The Hall–Kier alpha value is -2.14. The summed E-state index contributed by atoms with van der Waals surface area (Å²) in [6.07, 6.45) is 2.37. The van der Waals surface area contributed by atoms with E-state index in [0.29, 0.717) is 0 Å². The highest BCUT2D eigenvalue weighted by Crippen LogP contribution is 2.23. The van der Waals surface area contributed by atoms with Crippen LogP contribution < -0.4 is 10.6 Å². The van der Waals surface area contributed by atoms with Gasteiger partial charge in [0.1, 0.15) is 6.26 Å². The van der Waals surface area contributed by atoms with Crippen molar-refractivity contribution in [3.63, 3.8) is 0 Å². The maximum absolute atomic E-state index is 11.9. The number of rotatable bonds is 2. The van der Waals surface area contributed by atoms with Gasteiger partial charge in [0.25, 0.3) is 5.91 Å². The number of amides is 1. The lowest BCUT2D eigenvalue weighted by Gasteiger charge is -2.20. The van der Waals surface area contributed by atoms with Gasteiger partial charge in [-0.15, -0.1) is 0 Å². The van der Waals surface area contributed by atoms with Crippen LogP contribution in [0.2, 0.25) is 0 Å². The quantitative estimate of drug-likeness (QED) is 0.840. The lowest BCUT2D eigenvalue weighted by molar-refractivity contribution is 0.101. The summed E-state index contributed by atoms with van der Waals surface area (Å²) in [5.41, 5.74) is 3.57. The van der Waals surface area contributed by atoms with Gasteiger partial charge in [-0.1, -0.05) is 17.3 Å². The topological polar surface area (TPSA) is 67.2 Å². The minimum absolute atomic E-state index is 0.247. The van der Waals surface area contributed by atoms with Crippen molar-refractivity contribution in [3.8, 4) is 0 Å². The smallest absolute Gasteiger partial charge is 0.277 e. The summed E-state index contributed by atoms with van der Waals surface area (Å²) in [6, 6.07) is 7.51. The first kappa shape index (κ1) is 11.0. The predicted octanol–water partition coefficient (Wildman–Crippen LogP) is 1.57. The van der Waals surface area contributed by atoms with Crippen molar-refractivity contribution in [1.82, 2.24) is 10.5 Å². The number of hydrogen-bond acceptors (Lipinski definition) is 4. The van der Waals surface area contributed by atoms with E-state index in [0.717, 1.165) is 30.8 Å². The van der Waals surface area contributed by atoms with E-state index in [9.17, 15) is 4.79 Å². The number of benzene rings is 1. The Labute approximate surface area is 104 Å². The van der Waals surface area contributed by atoms with Gasteiger partial charge in [0.15, 0.2) is 5.69 Å². The van der Waals surface area contributed by atoms with E-state index in [1.165, 1.54) is 11.8 Å². The molecule has 0 aliphatic carbocycles. The molecule has 0 atom stereocenters. The number of hydrogen-bond donors (Lipinski definition) is 2. The number of carbonyl (C=O) groups is 1. The van der Waals surface area contributed by atoms with E-state index >= 15 is 0 Å². The molecule has 5 nitrogen and oxygen atoms in total. The van der Waals surface area contributed by atoms with Gasteiger partial charge < -0.3 is 15.2 Å². The summed E-state index contributed by atoms with van der Waals surface area (Å²) in [7, 11) is 0. The zero-order chi connectivity index (χ0) is 12.4. The standard InChI is InChI=1S/C13H13N3O2/c17-13(12-5-7-18-16-12)15-11-3-1-2-9-4-6-14-8-10(9)11/h1-3,5,7,14H,4,6,8H2,(H,15,17). The predicted molar refractivity (Wildman–Crippen MR) is 66.3 cm³/mol. The lowest BCUT2D eigenvalue weighted by atomic mass is 9.99. The number of anilines is 1. The second-order valence-electron chi connectivity index (χ2n) is 4.21. The highest BCUT2D eigenvalue weighted by Gasteiger charge is 2.15. The molecule has 92 valence electrons. The first-order chi connectivity index (χ1) is 8.84. The molecule has 1 aromatic carbocycles. The molecule has 1 aliphatic heterocycles. The monoisotopic (exact) mass is 243 g/mol. The molecule has 0 fully saturated rings. The van der Waals surface area contributed by atoms with E-state index in [1.54, 1.807) is 6.07 Å². The third kappa shape index (κ3) is 2.00. The van der Waals surface area contributed by atoms with Crippen LogP contribution >= 0.6 is 0 Å². The van der Waals surface area contributed by atoms with Crippen molar-refractivity contribution in [2.45, 2.75) is 13.0 Å².